The molecule has 1 fully saturated rings. The molecule has 1 aromatic rings. The Kier molecular flexibility index (Phi) is 2.56. The van der Waals surface area contributed by atoms with E-state index < -0.39 is 0 Å². The molecular formula is C8H13N3O2. The molecule has 1 saturated heterocycles. The molecule has 1 unspecified atom stereocenters. The molecule has 2 rings (SSSR count). The Bertz CT molecular complexity index is 268. The molecule has 0 aromatic carbocycles. The topological polar surface area (TPSA) is 60.2 Å². The number of aromatic nitrogens is 2. The third kappa shape index (κ3) is 1.87. The fourth-order valence-corrected chi connectivity index (χ4v) is 1.50. The molecule has 0 radical (unpaired) electrons. The van der Waals surface area contributed by atoms with E-state index in [1.165, 1.54) is 6.42 Å². The fraction of sp³-hybridized carbons (Fsp3) is 0.750. The van der Waals surface area contributed by atoms with Gasteiger partial charge in [0.25, 0.3) is 5.89 Å². The Morgan fingerprint density at radius 3 is 3.31 bits per heavy atom. The number of ether oxygens (including phenoxy) is 1. The molecule has 0 spiro atoms. The van der Waals surface area contributed by atoms with Gasteiger partial charge in [-0.05, 0) is 19.4 Å². The first-order valence-corrected chi connectivity index (χ1v) is 4.45. The first-order chi connectivity index (χ1) is 6.40. The zero-order chi connectivity index (χ0) is 9.10. The van der Waals surface area contributed by atoms with Gasteiger partial charge in [-0.1, -0.05) is 5.16 Å². The van der Waals surface area contributed by atoms with Gasteiger partial charge in [0.1, 0.15) is 6.61 Å². The van der Waals surface area contributed by atoms with Crippen LogP contribution >= 0.6 is 0 Å². The van der Waals surface area contributed by atoms with Gasteiger partial charge in [0.15, 0.2) is 5.82 Å². The van der Waals surface area contributed by atoms with Crippen LogP contribution in [-0.4, -0.2) is 23.8 Å². The summed E-state index contributed by atoms with van der Waals surface area (Å²) in [6, 6.07) is 0.273. The van der Waals surface area contributed by atoms with Crippen LogP contribution in [0.5, 0.6) is 0 Å². The monoisotopic (exact) mass is 183 g/mol. The van der Waals surface area contributed by atoms with E-state index in [0.29, 0.717) is 12.5 Å². The second-order valence-corrected chi connectivity index (χ2v) is 3.13. The average molecular weight is 183 g/mol. The summed E-state index contributed by atoms with van der Waals surface area (Å²) in [7, 11) is 1.61. The molecule has 1 aliphatic rings. The van der Waals surface area contributed by atoms with E-state index in [9.17, 15) is 0 Å². The summed E-state index contributed by atoms with van der Waals surface area (Å²) >= 11 is 0. The highest BCUT2D eigenvalue weighted by Crippen LogP contribution is 2.19. The minimum absolute atomic E-state index is 0.273. The van der Waals surface area contributed by atoms with Crippen LogP contribution in [0.4, 0.5) is 0 Å². The van der Waals surface area contributed by atoms with Crippen molar-refractivity contribution in [2.75, 3.05) is 13.7 Å². The largest absolute Gasteiger partial charge is 0.375 e. The maximum absolute atomic E-state index is 4.99. The zero-order valence-electron chi connectivity index (χ0n) is 7.62. The van der Waals surface area contributed by atoms with Gasteiger partial charge in [-0.15, -0.1) is 0 Å². The van der Waals surface area contributed by atoms with Crippen molar-refractivity contribution in [1.29, 1.82) is 0 Å². The molecule has 1 atom stereocenters. The van der Waals surface area contributed by atoms with Crippen molar-refractivity contribution in [2.24, 2.45) is 0 Å². The van der Waals surface area contributed by atoms with Crippen molar-refractivity contribution in [3.05, 3.63) is 11.7 Å². The number of nitrogens with zero attached hydrogens (tertiary/aromatic N) is 2. The van der Waals surface area contributed by atoms with Crippen LogP contribution in [-0.2, 0) is 11.3 Å². The van der Waals surface area contributed by atoms with E-state index in [1.54, 1.807) is 7.11 Å². The number of hydrogen-bond donors (Lipinski definition) is 1. The molecule has 0 amide bonds. The third-order valence-corrected chi connectivity index (χ3v) is 2.12. The van der Waals surface area contributed by atoms with E-state index >= 15 is 0 Å². The van der Waals surface area contributed by atoms with E-state index in [2.05, 4.69) is 15.5 Å². The minimum Gasteiger partial charge on any atom is -0.375 e. The third-order valence-electron chi connectivity index (χ3n) is 2.12. The van der Waals surface area contributed by atoms with Gasteiger partial charge in [-0.25, -0.2) is 0 Å². The molecule has 5 nitrogen and oxygen atoms in total. The van der Waals surface area contributed by atoms with E-state index in [1.807, 2.05) is 0 Å². The van der Waals surface area contributed by atoms with Crippen LogP contribution in [0.1, 0.15) is 30.6 Å². The Morgan fingerprint density at radius 1 is 1.69 bits per heavy atom. The summed E-state index contributed by atoms with van der Waals surface area (Å²) in [5.41, 5.74) is 0. The second kappa shape index (κ2) is 3.85. The number of methoxy groups -OCH3 is 1. The zero-order valence-corrected chi connectivity index (χ0v) is 7.62. The number of nitrogens with one attached hydrogen (secondary N) is 1. The van der Waals surface area contributed by atoms with Crippen molar-refractivity contribution in [3.63, 3.8) is 0 Å². The SMILES string of the molecule is COCc1nc(C2CCCN2)no1. The van der Waals surface area contributed by atoms with Crippen molar-refractivity contribution < 1.29 is 9.26 Å². The summed E-state index contributed by atoms with van der Waals surface area (Å²) < 4.78 is 9.88. The molecular weight excluding hydrogens is 170 g/mol. The summed E-state index contributed by atoms with van der Waals surface area (Å²) in [6.45, 7) is 1.43. The van der Waals surface area contributed by atoms with E-state index in [0.717, 1.165) is 18.8 Å². The smallest absolute Gasteiger partial charge is 0.252 e. The molecule has 5 heteroatoms. The molecule has 0 saturated carbocycles. The Hall–Kier alpha value is -0.940. The van der Waals surface area contributed by atoms with Crippen LogP contribution in [0.2, 0.25) is 0 Å². The lowest BCUT2D eigenvalue weighted by molar-refractivity contribution is 0.151. The van der Waals surface area contributed by atoms with Gasteiger partial charge in [0, 0.05) is 7.11 Å². The predicted octanol–water partition coefficient (Wildman–Crippen LogP) is 0.641. The molecule has 13 heavy (non-hydrogen) atoms. The normalized spacial score (nSPS) is 22.4. The summed E-state index contributed by atoms with van der Waals surface area (Å²) in [5, 5.41) is 7.19. The fourth-order valence-electron chi connectivity index (χ4n) is 1.50. The quantitative estimate of drug-likeness (QED) is 0.745. The van der Waals surface area contributed by atoms with Gasteiger partial charge in [-0.2, -0.15) is 4.98 Å². The van der Waals surface area contributed by atoms with Gasteiger partial charge in [0.05, 0.1) is 6.04 Å². The summed E-state index contributed by atoms with van der Waals surface area (Å²) in [4.78, 5) is 4.22. The van der Waals surface area contributed by atoms with Crippen LogP contribution in [0.3, 0.4) is 0 Å². The maximum Gasteiger partial charge on any atom is 0.252 e. The van der Waals surface area contributed by atoms with Crippen molar-refractivity contribution >= 4 is 0 Å². The van der Waals surface area contributed by atoms with Crippen molar-refractivity contribution in [2.45, 2.75) is 25.5 Å². The molecule has 0 aliphatic carbocycles. The highest BCUT2D eigenvalue weighted by atomic mass is 16.5. The standard InChI is InChI=1S/C8H13N3O2/c1-12-5-7-10-8(11-13-7)6-3-2-4-9-6/h6,9H,2-5H2,1H3. The Morgan fingerprint density at radius 2 is 2.62 bits per heavy atom. The van der Waals surface area contributed by atoms with Crippen LogP contribution in [0.15, 0.2) is 4.52 Å². The first kappa shape index (κ1) is 8.65. The first-order valence-electron chi connectivity index (χ1n) is 4.45. The van der Waals surface area contributed by atoms with Crippen molar-refractivity contribution in [1.82, 2.24) is 15.5 Å². The average Bonchev–Trinajstić information content (AvgIpc) is 2.70. The van der Waals surface area contributed by atoms with Gasteiger partial charge in [0.2, 0.25) is 0 Å². The lowest BCUT2D eigenvalue weighted by Crippen LogP contribution is -2.14. The van der Waals surface area contributed by atoms with E-state index in [4.69, 9.17) is 9.26 Å². The van der Waals surface area contributed by atoms with Crippen molar-refractivity contribution in [3.8, 4) is 0 Å². The Labute approximate surface area is 76.5 Å². The molecule has 1 N–H and O–H groups in total. The molecule has 72 valence electrons. The van der Waals surface area contributed by atoms with E-state index in [-0.39, 0.29) is 6.04 Å². The summed E-state index contributed by atoms with van der Waals surface area (Å²) in [6.07, 6.45) is 2.27. The minimum atomic E-state index is 0.273. The lowest BCUT2D eigenvalue weighted by atomic mass is 10.2. The highest BCUT2D eigenvalue weighted by Gasteiger charge is 2.21. The van der Waals surface area contributed by atoms with Crippen LogP contribution in [0.25, 0.3) is 0 Å². The number of hydrogen-bond acceptors (Lipinski definition) is 5. The van der Waals surface area contributed by atoms with Gasteiger partial charge < -0.3 is 14.6 Å². The molecule has 1 aromatic heterocycles. The van der Waals surface area contributed by atoms with Gasteiger partial charge in [-0.3, -0.25) is 0 Å². The maximum atomic E-state index is 4.99. The summed E-state index contributed by atoms with van der Waals surface area (Å²) in [5.74, 6) is 1.30. The molecule has 0 bridgehead atoms. The van der Waals surface area contributed by atoms with Gasteiger partial charge >= 0.3 is 0 Å². The molecule has 2 heterocycles. The van der Waals surface area contributed by atoms with Crippen LogP contribution < -0.4 is 5.32 Å². The highest BCUT2D eigenvalue weighted by molar-refractivity contribution is 4.96. The Balaban J connectivity index is 2.03. The lowest BCUT2D eigenvalue weighted by Gasteiger charge is -2.01. The molecule has 1 aliphatic heterocycles. The second-order valence-electron chi connectivity index (χ2n) is 3.13. The number of rotatable bonds is 3. The van der Waals surface area contributed by atoms with Crippen LogP contribution in [0, 0.1) is 0 Å². The predicted molar refractivity (Wildman–Crippen MR) is 45.0 cm³/mol.